The Bertz CT molecular complexity index is 195. The normalized spacial score (nSPS) is 14.9. The minimum absolute atomic E-state index is 0.351. The zero-order valence-corrected chi connectivity index (χ0v) is 7.62. The van der Waals surface area contributed by atoms with Gasteiger partial charge < -0.3 is 22.5 Å². The van der Waals surface area contributed by atoms with Crippen LogP contribution in [0.4, 0.5) is 0 Å². The molecule has 0 aliphatic carbocycles. The summed E-state index contributed by atoms with van der Waals surface area (Å²) in [5.74, 6) is -1.03. The average molecular weight is 188 g/mol. The fraction of sp³-hybridized carbons (Fsp3) is 0.714. The first-order valence-corrected chi connectivity index (χ1v) is 4.00. The van der Waals surface area contributed by atoms with Gasteiger partial charge in [0.15, 0.2) is 0 Å². The molecule has 0 spiro atoms. The highest BCUT2D eigenvalue weighted by atomic mass is 16.1. The van der Waals surface area contributed by atoms with Crippen molar-refractivity contribution in [2.75, 3.05) is 7.05 Å². The Morgan fingerprint density at radius 3 is 2.08 bits per heavy atom. The molecule has 76 valence electrons. The summed E-state index contributed by atoms with van der Waals surface area (Å²) in [6.45, 7) is 0. The molecule has 0 aromatic heterocycles. The van der Waals surface area contributed by atoms with Gasteiger partial charge in [-0.1, -0.05) is 0 Å². The molecule has 0 aliphatic heterocycles. The smallest absolute Gasteiger partial charge is 0.234 e. The first-order valence-electron chi connectivity index (χ1n) is 4.00. The van der Waals surface area contributed by atoms with Crippen molar-refractivity contribution in [3.05, 3.63) is 0 Å². The summed E-state index contributed by atoms with van der Waals surface area (Å²) in [4.78, 5) is 21.2. The minimum Gasteiger partial charge on any atom is -0.368 e. The second-order valence-corrected chi connectivity index (χ2v) is 2.83. The van der Waals surface area contributed by atoms with Crippen molar-refractivity contribution in [2.24, 2.45) is 17.2 Å². The predicted molar refractivity (Wildman–Crippen MR) is 48.4 cm³/mol. The van der Waals surface area contributed by atoms with Crippen LogP contribution in [0, 0.1) is 0 Å². The number of likely N-dealkylation sites (N-methyl/N-ethyl adjacent to an activating group) is 1. The third-order valence-electron chi connectivity index (χ3n) is 1.82. The average Bonchev–Trinajstić information content (AvgIpc) is 2.04. The Kier molecular flexibility index (Phi) is 5.01. The van der Waals surface area contributed by atoms with Crippen LogP contribution >= 0.6 is 0 Å². The Morgan fingerprint density at radius 1 is 1.23 bits per heavy atom. The van der Waals surface area contributed by atoms with Gasteiger partial charge in [-0.2, -0.15) is 0 Å². The van der Waals surface area contributed by atoms with Crippen LogP contribution in [0.25, 0.3) is 0 Å². The fourth-order valence-electron chi connectivity index (χ4n) is 0.917. The number of amides is 2. The van der Waals surface area contributed by atoms with Crippen LogP contribution in [0.15, 0.2) is 0 Å². The summed E-state index contributed by atoms with van der Waals surface area (Å²) in [6.07, 6.45) is 0.764. The van der Waals surface area contributed by atoms with Crippen molar-refractivity contribution in [1.29, 1.82) is 0 Å². The molecule has 2 amide bonds. The lowest BCUT2D eigenvalue weighted by atomic mass is 10.1. The lowest BCUT2D eigenvalue weighted by molar-refractivity contribution is -0.121. The summed E-state index contributed by atoms with van der Waals surface area (Å²) in [6, 6.07) is -1.17. The molecule has 0 rings (SSSR count). The van der Waals surface area contributed by atoms with Crippen LogP contribution in [0.5, 0.6) is 0 Å². The van der Waals surface area contributed by atoms with E-state index in [4.69, 9.17) is 17.2 Å². The molecule has 0 saturated heterocycles. The lowest BCUT2D eigenvalue weighted by Gasteiger charge is -2.13. The van der Waals surface area contributed by atoms with Gasteiger partial charge in [0.1, 0.15) is 0 Å². The van der Waals surface area contributed by atoms with E-state index in [2.05, 4.69) is 5.32 Å². The van der Waals surface area contributed by atoms with E-state index in [9.17, 15) is 9.59 Å². The van der Waals surface area contributed by atoms with E-state index < -0.39 is 23.9 Å². The highest BCUT2D eigenvalue weighted by Gasteiger charge is 2.16. The zero-order chi connectivity index (χ0) is 10.4. The van der Waals surface area contributed by atoms with Crippen LogP contribution in [-0.4, -0.2) is 30.9 Å². The maximum Gasteiger partial charge on any atom is 0.234 e. The number of rotatable bonds is 6. The standard InChI is InChI=1S/C7H16N4O2/c1-11-5(7(10)13)3-2-4(8)6(9)12/h4-5,11H,2-3,8H2,1H3,(H2,9,12)(H2,10,13). The largest absolute Gasteiger partial charge is 0.368 e. The number of nitrogens with one attached hydrogen (secondary N) is 1. The number of carbonyl (C=O) groups excluding carboxylic acids is 2. The van der Waals surface area contributed by atoms with E-state index in [0.717, 1.165) is 0 Å². The Balaban J connectivity index is 3.85. The summed E-state index contributed by atoms with van der Waals surface area (Å²) < 4.78 is 0. The highest BCUT2D eigenvalue weighted by Crippen LogP contribution is 1.98. The van der Waals surface area contributed by atoms with Crippen LogP contribution in [-0.2, 0) is 9.59 Å². The van der Waals surface area contributed by atoms with Crippen LogP contribution in [0.2, 0.25) is 0 Å². The molecule has 13 heavy (non-hydrogen) atoms. The third kappa shape index (κ3) is 4.44. The van der Waals surface area contributed by atoms with Gasteiger partial charge in [0.2, 0.25) is 11.8 Å². The van der Waals surface area contributed by atoms with E-state index >= 15 is 0 Å². The summed E-state index contributed by atoms with van der Waals surface area (Å²) in [7, 11) is 1.62. The van der Waals surface area contributed by atoms with Gasteiger partial charge in [-0.15, -0.1) is 0 Å². The van der Waals surface area contributed by atoms with E-state index in [-0.39, 0.29) is 0 Å². The minimum atomic E-state index is -0.713. The molecule has 0 radical (unpaired) electrons. The molecule has 0 fully saturated rings. The van der Waals surface area contributed by atoms with Crippen LogP contribution in [0.1, 0.15) is 12.8 Å². The lowest BCUT2D eigenvalue weighted by Crippen LogP contribution is -2.42. The number of primary amides is 2. The number of hydrogen-bond donors (Lipinski definition) is 4. The number of hydrogen-bond acceptors (Lipinski definition) is 4. The second kappa shape index (κ2) is 5.50. The van der Waals surface area contributed by atoms with E-state index in [1.807, 2.05) is 0 Å². The molecule has 7 N–H and O–H groups in total. The Labute approximate surface area is 76.8 Å². The maximum atomic E-state index is 10.7. The highest BCUT2D eigenvalue weighted by molar-refractivity contribution is 5.81. The van der Waals surface area contributed by atoms with Crippen molar-refractivity contribution in [3.63, 3.8) is 0 Å². The van der Waals surface area contributed by atoms with Gasteiger partial charge in [0, 0.05) is 0 Å². The van der Waals surface area contributed by atoms with Crippen molar-refractivity contribution in [1.82, 2.24) is 5.32 Å². The monoisotopic (exact) mass is 188 g/mol. The number of carbonyl (C=O) groups is 2. The Hall–Kier alpha value is -1.14. The molecule has 2 atom stereocenters. The summed E-state index contributed by atoms with van der Waals surface area (Å²) in [5.41, 5.74) is 15.4. The van der Waals surface area contributed by atoms with Gasteiger partial charge in [0.25, 0.3) is 0 Å². The van der Waals surface area contributed by atoms with Crippen molar-refractivity contribution < 1.29 is 9.59 Å². The van der Waals surface area contributed by atoms with E-state index in [1.54, 1.807) is 7.05 Å². The first-order chi connectivity index (χ1) is 5.99. The van der Waals surface area contributed by atoms with Crippen molar-refractivity contribution in [3.8, 4) is 0 Å². The van der Waals surface area contributed by atoms with Crippen molar-refractivity contribution in [2.45, 2.75) is 24.9 Å². The first kappa shape index (κ1) is 11.9. The molecule has 0 aliphatic rings. The molecule has 6 heteroatoms. The van der Waals surface area contributed by atoms with Gasteiger partial charge in [-0.3, -0.25) is 9.59 Å². The topological polar surface area (TPSA) is 124 Å². The maximum absolute atomic E-state index is 10.7. The molecule has 2 unspecified atom stereocenters. The molecular formula is C7H16N4O2. The van der Waals surface area contributed by atoms with Crippen molar-refractivity contribution >= 4 is 11.8 Å². The SMILES string of the molecule is CNC(CCC(N)C(N)=O)C(N)=O. The fourth-order valence-corrected chi connectivity index (χ4v) is 0.917. The van der Waals surface area contributed by atoms with Crippen LogP contribution < -0.4 is 22.5 Å². The molecular weight excluding hydrogens is 172 g/mol. The Morgan fingerprint density at radius 2 is 1.77 bits per heavy atom. The molecule has 0 bridgehead atoms. The predicted octanol–water partition coefficient (Wildman–Crippen LogP) is -2.35. The number of nitrogens with two attached hydrogens (primary N) is 3. The molecule has 0 aromatic rings. The van der Waals surface area contributed by atoms with E-state index in [0.29, 0.717) is 12.8 Å². The second-order valence-electron chi connectivity index (χ2n) is 2.83. The van der Waals surface area contributed by atoms with E-state index in [1.165, 1.54) is 0 Å². The van der Waals surface area contributed by atoms with Gasteiger partial charge >= 0.3 is 0 Å². The molecule has 6 nitrogen and oxygen atoms in total. The molecule has 0 saturated carbocycles. The third-order valence-corrected chi connectivity index (χ3v) is 1.82. The van der Waals surface area contributed by atoms with Gasteiger partial charge in [-0.25, -0.2) is 0 Å². The summed E-state index contributed by atoms with van der Waals surface area (Å²) >= 11 is 0. The summed E-state index contributed by atoms with van der Waals surface area (Å²) in [5, 5.41) is 2.71. The molecule has 0 aromatic carbocycles. The van der Waals surface area contributed by atoms with Gasteiger partial charge in [0.05, 0.1) is 12.1 Å². The molecule has 0 heterocycles. The van der Waals surface area contributed by atoms with Gasteiger partial charge in [-0.05, 0) is 19.9 Å². The van der Waals surface area contributed by atoms with Crippen LogP contribution in [0.3, 0.4) is 0 Å². The quantitative estimate of drug-likeness (QED) is 0.372. The zero-order valence-electron chi connectivity index (χ0n) is 7.62.